The van der Waals surface area contributed by atoms with E-state index in [4.69, 9.17) is 5.73 Å². The molecule has 0 unspecified atom stereocenters. The molecule has 1 aromatic heterocycles. The molecule has 0 aliphatic rings. The summed E-state index contributed by atoms with van der Waals surface area (Å²) in [4.78, 5) is 11.8. The fourth-order valence-corrected chi connectivity index (χ4v) is 1.46. The number of ketones is 1. The maximum absolute atomic E-state index is 11.8. The molecule has 1 heterocycles. The van der Waals surface area contributed by atoms with Crippen molar-refractivity contribution >= 4 is 11.5 Å². The molecule has 88 valence electrons. The standard InChI is InChI=1S/C13H12N2O.ClH/c14-12-6-8-15(9-7-12)10-13(16)11-4-2-1-3-5-11;/h1-9,14H,10H2;1H. The van der Waals surface area contributed by atoms with Gasteiger partial charge in [0.1, 0.15) is 0 Å². The molecule has 0 amide bonds. The second-order valence-corrected chi connectivity index (χ2v) is 3.59. The lowest BCUT2D eigenvalue weighted by Crippen LogP contribution is -3.00. The Morgan fingerprint density at radius 2 is 1.65 bits per heavy atom. The highest BCUT2D eigenvalue weighted by atomic mass is 35.5. The molecular weight excluding hydrogens is 236 g/mol. The molecule has 0 radical (unpaired) electrons. The zero-order chi connectivity index (χ0) is 11.4. The SMILES string of the molecule is Nc1cc[n+](CC(=O)c2ccccc2)cc1.[Cl-]. The number of carbonyl (C=O) groups is 1. The molecule has 0 saturated heterocycles. The number of anilines is 1. The monoisotopic (exact) mass is 248 g/mol. The fraction of sp³-hybridized carbons (Fsp3) is 0.0769. The quantitative estimate of drug-likeness (QED) is 0.528. The minimum atomic E-state index is 0. The molecule has 0 saturated carbocycles. The summed E-state index contributed by atoms with van der Waals surface area (Å²) < 4.78 is 1.81. The van der Waals surface area contributed by atoms with E-state index in [1.807, 2.05) is 34.9 Å². The summed E-state index contributed by atoms with van der Waals surface area (Å²) in [5.41, 5.74) is 7.00. The van der Waals surface area contributed by atoms with Crippen LogP contribution in [0.5, 0.6) is 0 Å². The van der Waals surface area contributed by atoms with Crippen LogP contribution in [0.1, 0.15) is 10.4 Å². The Morgan fingerprint density at radius 3 is 2.24 bits per heavy atom. The van der Waals surface area contributed by atoms with Crippen molar-refractivity contribution in [1.29, 1.82) is 0 Å². The number of nitrogens with two attached hydrogens (primary N) is 1. The van der Waals surface area contributed by atoms with Crippen molar-refractivity contribution in [2.75, 3.05) is 5.73 Å². The van der Waals surface area contributed by atoms with Crippen molar-refractivity contribution in [2.24, 2.45) is 0 Å². The maximum atomic E-state index is 11.8. The molecule has 2 rings (SSSR count). The first-order valence-corrected chi connectivity index (χ1v) is 5.08. The van der Waals surface area contributed by atoms with E-state index in [1.54, 1.807) is 24.5 Å². The Balaban J connectivity index is 0.00000144. The lowest BCUT2D eigenvalue weighted by Gasteiger charge is -1.97. The summed E-state index contributed by atoms with van der Waals surface area (Å²) in [6, 6.07) is 12.8. The minimum absolute atomic E-state index is 0. The molecule has 2 N–H and O–H groups in total. The second-order valence-electron chi connectivity index (χ2n) is 3.59. The van der Waals surface area contributed by atoms with Crippen LogP contribution in [0, 0.1) is 0 Å². The van der Waals surface area contributed by atoms with Gasteiger partial charge in [0.15, 0.2) is 12.4 Å². The zero-order valence-corrected chi connectivity index (χ0v) is 9.97. The van der Waals surface area contributed by atoms with Crippen LogP contribution in [0.25, 0.3) is 0 Å². The number of nitrogens with zero attached hydrogens (tertiary/aromatic N) is 1. The van der Waals surface area contributed by atoms with Gasteiger partial charge in [-0.25, -0.2) is 0 Å². The Kier molecular flexibility index (Phi) is 4.67. The lowest BCUT2D eigenvalue weighted by atomic mass is 10.1. The smallest absolute Gasteiger partial charge is 0.227 e. The van der Waals surface area contributed by atoms with E-state index in [2.05, 4.69) is 0 Å². The molecule has 1 aromatic carbocycles. The van der Waals surface area contributed by atoms with Gasteiger partial charge in [-0.3, -0.25) is 4.79 Å². The summed E-state index contributed by atoms with van der Waals surface area (Å²) in [7, 11) is 0. The number of benzene rings is 1. The normalized spacial score (nSPS) is 9.41. The van der Waals surface area contributed by atoms with Gasteiger partial charge >= 0.3 is 0 Å². The molecule has 2 aromatic rings. The molecule has 17 heavy (non-hydrogen) atoms. The highest BCUT2D eigenvalue weighted by Crippen LogP contribution is 2.00. The zero-order valence-electron chi connectivity index (χ0n) is 9.21. The minimum Gasteiger partial charge on any atom is -1.00 e. The Hall–Kier alpha value is -1.87. The van der Waals surface area contributed by atoms with Crippen LogP contribution in [0.4, 0.5) is 5.69 Å². The Morgan fingerprint density at radius 1 is 1.06 bits per heavy atom. The van der Waals surface area contributed by atoms with E-state index in [0.29, 0.717) is 12.2 Å². The number of nitrogen functional groups attached to an aromatic ring is 1. The van der Waals surface area contributed by atoms with Gasteiger partial charge in [0.05, 0.1) is 0 Å². The van der Waals surface area contributed by atoms with Crippen molar-refractivity contribution in [3.63, 3.8) is 0 Å². The van der Waals surface area contributed by atoms with E-state index in [0.717, 1.165) is 5.56 Å². The topological polar surface area (TPSA) is 47.0 Å². The summed E-state index contributed by atoms with van der Waals surface area (Å²) in [5, 5.41) is 0. The van der Waals surface area contributed by atoms with Crippen LogP contribution in [0.15, 0.2) is 54.9 Å². The largest absolute Gasteiger partial charge is 1.00 e. The van der Waals surface area contributed by atoms with E-state index in [9.17, 15) is 4.79 Å². The van der Waals surface area contributed by atoms with Crippen molar-refractivity contribution < 1.29 is 21.8 Å². The van der Waals surface area contributed by atoms with Crippen molar-refractivity contribution in [2.45, 2.75) is 6.54 Å². The van der Waals surface area contributed by atoms with E-state index in [-0.39, 0.29) is 18.2 Å². The molecule has 0 fully saturated rings. The van der Waals surface area contributed by atoms with Crippen molar-refractivity contribution in [3.05, 3.63) is 60.4 Å². The number of pyridine rings is 1. The molecule has 0 aliphatic heterocycles. The molecule has 0 atom stereocenters. The van der Waals surface area contributed by atoms with Crippen molar-refractivity contribution in [1.82, 2.24) is 0 Å². The highest BCUT2D eigenvalue weighted by molar-refractivity contribution is 5.94. The van der Waals surface area contributed by atoms with Crippen LogP contribution < -0.4 is 22.7 Å². The fourth-order valence-electron chi connectivity index (χ4n) is 1.46. The first-order chi connectivity index (χ1) is 7.75. The van der Waals surface area contributed by atoms with Crippen LogP contribution in [-0.4, -0.2) is 5.78 Å². The van der Waals surface area contributed by atoms with Gasteiger partial charge in [-0.05, 0) is 0 Å². The average Bonchev–Trinajstić information content (AvgIpc) is 2.33. The molecule has 0 spiro atoms. The van der Waals surface area contributed by atoms with E-state index in [1.165, 1.54) is 0 Å². The number of rotatable bonds is 3. The third-order valence-corrected chi connectivity index (χ3v) is 2.34. The van der Waals surface area contributed by atoms with E-state index >= 15 is 0 Å². The first-order valence-electron chi connectivity index (χ1n) is 5.08. The van der Waals surface area contributed by atoms with Crippen LogP contribution in [-0.2, 0) is 6.54 Å². The predicted molar refractivity (Wildman–Crippen MR) is 61.8 cm³/mol. The Labute approximate surface area is 106 Å². The molecule has 0 aliphatic carbocycles. The number of aromatic nitrogens is 1. The van der Waals surface area contributed by atoms with Crippen LogP contribution in [0.3, 0.4) is 0 Å². The van der Waals surface area contributed by atoms with Gasteiger partial charge in [-0.1, -0.05) is 30.3 Å². The highest BCUT2D eigenvalue weighted by Gasteiger charge is 2.10. The number of carbonyl (C=O) groups excluding carboxylic acids is 1. The summed E-state index contributed by atoms with van der Waals surface area (Å²) >= 11 is 0. The first kappa shape index (κ1) is 13.2. The van der Waals surface area contributed by atoms with E-state index < -0.39 is 0 Å². The molecular formula is C13H13ClN2O. The summed E-state index contributed by atoms with van der Waals surface area (Å²) in [6.45, 7) is 0.338. The van der Waals surface area contributed by atoms with Crippen LogP contribution >= 0.6 is 0 Å². The predicted octanol–water partition coefficient (Wildman–Crippen LogP) is -1.56. The van der Waals surface area contributed by atoms with Gasteiger partial charge in [0, 0.05) is 23.4 Å². The van der Waals surface area contributed by atoms with Gasteiger partial charge in [-0.2, -0.15) is 4.57 Å². The summed E-state index contributed by atoms with van der Waals surface area (Å²) in [5.74, 6) is 0.0929. The van der Waals surface area contributed by atoms with Crippen LogP contribution in [0.2, 0.25) is 0 Å². The third-order valence-electron chi connectivity index (χ3n) is 2.34. The molecule has 3 nitrogen and oxygen atoms in total. The van der Waals surface area contributed by atoms with Gasteiger partial charge in [-0.15, -0.1) is 0 Å². The van der Waals surface area contributed by atoms with Gasteiger partial charge in [0.25, 0.3) is 0 Å². The number of halogens is 1. The molecule has 0 bridgehead atoms. The second kappa shape index (κ2) is 6.01. The Bertz CT molecular complexity index is 483. The van der Waals surface area contributed by atoms with Gasteiger partial charge < -0.3 is 18.1 Å². The lowest BCUT2D eigenvalue weighted by molar-refractivity contribution is -0.683. The third kappa shape index (κ3) is 3.57. The number of hydrogen-bond acceptors (Lipinski definition) is 2. The van der Waals surface area contributed by atoms with Gasteiger partial charge in [0.2, 0.25) is 12.3 Å². The maximum Gasteiger partial charge on any atom is 0.227 e. The molecule has 4 heteroatoms. The van der Waals surface area contributed by atoms with Crippen molar-refractivity contribution in [3.8, 4) is 0 Å². The average molecular weight is 249 g/mol. The number of hydrogen-bond donors (Lipinski definition) is 1. The number of Topliss-reactive ketones (excluding diaryl/α,β-unsaturated/α-hetero) is 1. The summed E-state index contributed by atoms with van der Waals surface area (Å²) in [6.07, 6.45) is 3.60.